The summed E-state index contributed by atoms with van der Waals surface area (Å²) in [5.41, 5.74) is 1.30. The predicted octanol–water partition coefficient (Wildman–Crippen LogP) is 3.48. The van der Waals surface area contributed by atoms with Crippen LogP contribution in [0.3, 0.4) is 0 Å². The zero-order chi connectivity index (χ0) is 14.8. The molecule has 1 aliphatic rings. The number of carbonyl (C=O) groups excluding carboxylic acids is 1. The molecule has 0 spiro atoms. The van der Waals surface area contributed by atoms with E-state index >= 15 is 0 Å². The fraction of sp³-hybridized carbons (Fsp3) is 0.389. The van der Waals surface area contributed by atoms with Gasteiger partial charge < -0.3 is 10.1 Å². The van der Waals surface area contributed by atoms with Crippen LogP contribution in [0.4, 0.5) is 0 Å². The molecule has 1 saturated carbocycles. The first-order chi connectivity index (χ1) is 10.2. The Hall–Kier alpha value is -2.03. The summed E-state index contributed by atoms with van der Waals surface area (Å²) in [4.78, 5) is 11.4. The minimum atomic E-state index is 0.130. The van der Waals surface area contributed by atoms with Crippen LogP contribution in [0.5, 0.6) is 5.75 Å². The molecule has 21 heavy (non-hydrogen) atoms. The molecule has 1 N–H and O–H groups in total. The van der Waals surface area contributed by atoms with Crippen LogP contribution in [0, 0.1) is 5.92 Å². The summed E-state index contributed by atoms with van der Waals surface area (Å²) in [6, 6.07) is 12.6. The van der Waals surface area contributed by atoms with E-state index in [0.29, 0.717) is 18.3 Å². The molecule has 2 unspecified atom stereocenters. The first-order valence-electron chi connectivity index (χ1n) is 7.57. The average Bonchev–Trinajstić information content (AvgIpc) is 3.30. The number of hydrogen-bond acceptors (Lipinski definition) is 2. The maximum absolute atomic E-state index is 11.4. The van der Waals surface area contributed by atoms with Crippen LogP contribution in [-0.4, -0.2) is 19.6 Å². The zero-order valence-corrected chi connectivity index (χ0v) is 12.6. The van der Waals surface area contributed by atoms with Crippen molar-refractivity contribution in [2.75, 3.05) is 13.7 Å². The fourth-order valence-electron chi connectivity index (χ4n) is 3.03. The minimum Gasteiger partial charge on any atom is -0.496 e. The highest BCUT2D eigenvalue weighted by Gasteiger charge is 2.40. The molecule has 3 nitrogen and oxygen atoms in total. The van der Waals surface area contributed by atoms with Crippen LogP contribution in [0.25, 0.3) is 10.8 Å². The summed E-state index contributed by atoms with van der Waals surface area (Å²) in [6.45, 7) is 2.65. The van der Waals surface area contributed by atoms with Crippen LogP contribution in [0.2, 0.25) is 0 Å². The van der Waals surface area contributed by atoms with Crippen LogP contribution in [0.15, 0.2) is 36.4 Å². The Balaban J connectivity index is 1.85. The topological polar surface area (TPSA) is 38.3 Å². The van der Waals surface area contributed by atoms with Gasteiger partial charge in [0.15, 0.2) is 0 Å². The molecule has 110 valence electrons. The molecule has 0 aliphatic heterocycles. The Morgan fingerprint density at radius 3 is 2.86 bits per heavy atom. The molecule has 3 rings (SSSR count). The van der Waals surface area contributed by atoms with Gasteiger partial charge in [0, 0.05) is 18.5 Å². The molecule has 2 aromatic carbocycles. The van der Waals surface area contributed by atoms with E-state index in [2.05, 4.69) is 41.7 Å². The largest absolute Gasteiger partial charge is 0.496 e. The van der Waals surface area contributed by atoms with Gasteiger partial charge in [-0.1, -0.05) is 37.3 Å². The van der Waals surface area contributed by atoms with Crippen molar-refractivity contribution >= 4 is 16.7 Å². The van der Waals surface area contributed by atoms with Gasteiger partial charge >= 0.3 is 0 Å². The predicted molar refractivity (Wildman–Crippen MR) is 84.6 cm³/mol. The second kappa shape index (κ2) is 5.76. The number of ether oxygens (including phenoxy) is 1. The number of nitrogens with one attached hydrogen (secondary N) is 1. The molecule has 0 saturated heterocycles. The van der Waals surface area contributed by atoms with Gasteiger partial charge in [-0.15, -0.1) is 0 Å². The van der Waals surface area contributed by atoms with Gasteiger partial charge in [-0.25, -0.2) is 0 Å². The third kappa shape index (κ3) is 2.73. The Bertz CT molecular complexity index is 665. The summed E-state index contributed by atoms with van der Waals surface area (Å²) in [6.07, 6.45) is 1.67. The summed E-state index contributed by atoms with van der Waals surface area (Å²) >= 11 is 0. The number of amides is 1. The molecule has 0 bridgehead atoms. The van der Waals surface area contributed by atoms with Crippen molar-refractivity contribution in [3.8, 4) is 5.75 Å². The summed E-state index contributed by atoms with van der Waals surface area (Å²) in [5, 5.41) is 5.52. The second-order valence-corrected chi connectivity index (χ2v) is 5.66. The molecule has 0 aromatic heterocycles. The van der Waals surface area contributed by atoms with E-state index in [4.69, 9.17) is 4.74 Å². The number of methoxy groups -OCH3 is 1. The van der Waals surface area contributed by atoms with E-state index < -0.39 is 0 Å². The highest BCUT2D eigenvalue weighted by molar-refractivity contribution is 5.88. The lowest BCUT2D eigenvalue weighted by Crippen LogP contribution is -2.24. The first-order valence-corrected chi connectivity index (χ1v) is 7.57. The van der Waals surface area contributed by atoms with Gasteiger partial charge in [0.1, 0.15) is 5.75 Å². The zero-order valence-electron chi connectivity index (χ0n) is 12.6. The minimum absolute atomic E-state index is 0.130. The molecule has 0 radical (unpaired) electrons. The Kier molecular flexibility index (Phi) is 3.82. The molecular formula is C18H21NO2. The average molecular weight is 283 g/mol. The lowest BCUT2D eigenvalue weighted by Gasteiger charge is -2.12. The van der Waals surface area contributed by atoms with E-state index in [1.807, 2.05) is 6.92 Å². The first kappa shape index (κ1) is 13.9. The van der Waals surface area contributed by atoms with Gasteiger partial charge in [0.05, 0.1) is 7.11 Å². The van der Waals surface area contributed by atoms with Crippen molar-refractivity contribution in [3.05, 3.63) is 42.0 Å². The van der Waals surface area contributed by atoms with Crippen molar-refractivity contribution in [2.24, 2.45) is 5.92 Å². The molecule has 1 fully saturated rings. The highest BCUT2D eigenvalue weighted by Crippen LogP contribution is 2.52. The van der Waals surface area contributed by atoms with Crippen molar-refractivity contribution in [1.29, 1.82) is 0 Å². The molecule has 1 aliphatic carbocycles. The van der Waals surface area contributed by atoms with Gasteiger partial charge in [-0.2, -0.15) is 0 Å². The Morgan fingerprint density at radius 2 is 2.10 bits per heavy atom. The molecule has 2 aromatic rings. The van der Waals surface area contributed by atoms with E-state index in [1.54, 1.807) is 7.11 Å². The van der Waals surface area contributed by atoms with Crippen molar-refractivity contribution in [3.63, 3.8) is 0 Å². The molecule has 3 heteroatoms. The third-order valence-corrected chi connectivity index (χ3v) is 4.33. The smallest absolute Gasteiger partial charge is 0.219 e. The van der Waals surface area contributed by atoms with E-state index in [9.17, 15) is 4.79 Å². The van der Waals surface area contributed by atoms with E-state index in [1.165, 1.54) is 16.3 Å². The number of rotatable bonds is 5. The van der Waals surface area contributed by atoms with Gasteiger partial charge in [0.2, 0.25) is 5.91 Å². The normalized spacial score (nSPS) is 20.3. The van der Waals surface area contributed by atoms with Crippen LogP contribution >= 0.6 is 0 Å². The standard InChI is InChI=1S/C18H21NO2/c1-3-17(20)19-11-13-10-15(13)18-14-7-5-4-6-12(14)8-9-16(18)21-2/h4-9,13,15H,3,10-11H2,1-2H3,(H,19,20). The maximum Gasteiger partial charge on any atom is 0.219 e. The van der Waals surface area contributed by atoms with Crippen molar-refractivity contribution < 1.29 is 9.53 Å². The van der Waals surface area contributed by atoms with Crippen LogP contribution < -0.4 is 10.1 Å². The van der Waals surface area contributed by atoms with Crippen molar-refractivity contribution in [1.82, 2.24) is 5.32 Å². The number of fused-ring (bicyclic) bond motifs is 1. The number of carbonyl (C=O) groups is 1. The Labute approximate surface area is 125 Å². The summed E-state index contributed by atoms with van der Waals surface area (Å²) in [5.74, 6) is 2.11. The van der Waals surface area contributed by atoms with Gasteiger partial charge in [0.25, 0.3) is 0 Å². The van der Waals surface area contributed by atoms with Crippen molar-refractivity contribution in [2.45, 2.75) is 25.7 Å². The summed E-state index contributed by atoms with van der Waals surface area (Å²) < 4.78 is 5.56. The van der Waals surface area contributed by atoms with Gasteiger partial charge in [-0.3, -0.25) is 4.79 Å². The molecule has 1 amide bonds. The second-order valence-electron chi connectivity index (χ2n) is 5.66. The highest BCUT2D eigenvalue weighted by atomic mass is 16.5. The van der Waals surface area contributed by atoms with E-state index in [-0.39, 0.29) is 5.91 Å². The maximum atomic E-state index is 11.4. The summed E-state index contributed by atoms with van der Waals surface area (Å²) in [7, 11) is 1.73. The lowest BCUT2D eigenvalue weighted by molar-refractivity contribution is -0.120. The third-order valence-electron chi connectivity index (χ3n) is 4.33. The molecular weight excluding hydrogens is 262 g/mol. The fourth-order valence-corrected chi connectivity index (χ4v) is 3.03. The van der Waals surface area contributed by atoms with Crippen LogP contribution in [0.1, 0.15) is 31.2 Å². The van der Waals surface area contributed by atoms with Gasteiger partial charge in [-0.05, 0) is 35.1 Å². The molecule has 0 heterocycles. The monoisotopic (exact) mass is 283 g/mol. The SMILES string of the molecule is CCC(=O)NCC1CC1c1c(OC)ccc2ccccc12. The van der Waals surface area contributed by atoms with E-state index in [0.717, 1.165) is 18.7 Å². The number of hydrogen-bond donors (Lipinski definition) is 1. The van der Waals surface area contributed by atoms with Crippen LogP contribution in [-0.2, 0) is 4.79 Å². The molecule has 2 atom stereocenters. The Morgan fingerprint density at radius 1 is 1.29 bits per heavy atom. The number of benzene rings is 2. The lowest BCUT2D eigenvalue weighted by atomic mass is 9.99. The quantitative estimate of drug-likeness (QED) is 0.912.